The smallest absolute Gasteiger partial charge is 0.306 e. The van der Waals surface area contributed by atoms with E-state index in [2.05, 4.69) is 25.1 Å². The molecule has 0 aliphatic carbocycles. The fourth-order valence-electron chi connectivity index (χ4n) is 1.57. The highest BCUT2D eigenvalue weighted by Gasteiger charge is 2.18. The molecule has 1 unspecified atom stereocenters. The van der Waals surface area contributed by atoms with E-state index in [1.54, 1.807) is 11.6 Å². The number of aromatic nitrogens is 6. The standard InChI is InChI=1S/C10H14N6O2S/c1-3-7-8(19-15-11-7)9-12-13-14-16(9)5-4-6(2)10(17)18/h6H,3-5H2,1-2H3,(H,17,18). The molecule has 2 aromatic rings. The van der Waals surface area contributed by atoms with E-state index in [1.807, 2.05) is 6.92 Å². The Morgan fingerprint density at radius 3 is 2.95 bits per heavy atom. The maximum Gasteiger partial charge on any atom is 0.306 e. The molecule has 2 aromatic heterocycles. The van der Waals surface area contributed by atoms with E-state index in [0.717, 1.165) is 17.0 Å². The van der Waals surface area contributed by atoms with Crippen LogP contribution in [0.3, 0.4) is 0 Å². The molecule has 0 amide bonds. The lowest BCUT2D eigenvalue weighted by molar-refractivity contribution is -0.141. The number of carboxylic acid groups (broad SMARTS) is 1. The van der Waals surface area contributed by atoms with E-state index >= 15 is 0 Å². The molecule has 0 saturated carbocycles. The first-order valence-electron chi connectivity index (χ1n) is 5.94. The molecule has 8 nitrogen and oxygen atoms in total. The SMILES string of the molecule is CCc1nnsc1-c1nnnn1CCC(C)C(=O)O. The van der Waals surface area contributed by atoms with Crippen LogP contribution in [-0.2, 0) is 17.8 Å². The highest BCUT2D eigenvalue weighted by Crippen LogP contribution is 2.24. The molecule has 0 aromatic carbocycles. The number of nitrogens with zero attached hydrogens (tertiary/aromatic N) is 6. The van der Waals surface area contributed by atoms with Gasteiger partial charge in [0.25, 0.3) is 0 Å². The Bertz CT molecular complexity index is 566. The summed E-state index contributed by atoms with van der Waals surface area (Å²) in [6.07, 6.45) is 1.23. The van der Waals surface area contributed by atoms with Crippen molar-refractivity contribution in [1.82, 2.24) is 29.8 Å². The summed E-state index contributed by atoms with van der Waals surface area (Å²) in [6, 6.07) is 0. The van der Waals surface area contributed by atoms with Crippen molar-refractivity contribution in [1.29, 1.82) is 0 Å². The van der Waals surface area contributed by atoms with Crippen molar-refractivity contribution in [3.63, 3.8) is 0 Å². The number of hydrogen-bond donors (Lipinski definition) is 1. The largest absolute Gasteiger partial charge is 0.481 e. The number of hydrogen-bond acceptors (Lipinski definition) is 7. The minimum atomic E-state index is -0.816. The van der Waals surface area contributed by atoms with Gasteiger partial charge in [-0.1, -0.05) is 18.3 Å². The topological polar surface area (TPSA) is 107 Å². The van der Waals surface area contributed by atoms with Gasteiger partial charge in [0.15, 0.2) is 5.82 Å². The fourth-order valence-corrected chi connectivity index (χ4v) is 2.31. The van der Waals surface area contributed by atoms with Crippen molar-refractivity contribution in [2.75, 3.05) is 0 Å². The van der Waals surface area contributed by atoms with Crippen LogP contribution in [0.5, 0.6) is 0 Å². The van der Waals surface area contributed by atoms with E-state index < -0.39 is 11.9 Å². The Morgan fingerprint density at radius 1 is 1.47 bits per heavy atom. The third-order valence-electron chi connectivity index (χ3n) is 2.82. The number of aryl methyl sites for hydroxylation is 2. The molecule has 2 heterocycles. The molecule has 1 N–H and O–H groups in total. The van der Waals surface area contributed by atoms with Crippen LogP contribution in [0, 0.1) is 5.92 Å². The fraction of sp³-hybridized carbons (Fsp3) is 0.600. The molecule has 1 atom stereocenters. The van der Waals surface area contributed by atoms with Gasteiger partial charge in [-0.05, 0) is 34.8 Å². The van der Waals surface area contributed by atoms with Gasteiger partial charge in [0.05, 0.1) is 11.6 Å². The van der Waals surface area contributed by atoms with E-state index in [9.17, 15) is 4.79 Å². The van der Waals surface area contributed by atoms with Crippen molar-refractivity contribution in [2.24, 2.45) is 5.92 Å². The first-order chi connectivity index (χ1) is 9.13. The zero-order chi connectivity index (χ0) is 13.8. The molecule has 0 saturated heterocycles. The molecule has 9 heteroatoms. The average molecular weight is 282 g/mol. The molecule has 2 rings (SSSR count). The maximum atomic E-state index is 10.8. The number of carboxylic acids is 1. The first kappa shape index (κ1) is 13.5. The quantitative estimate of drug-likeness (QED) is 0.837. The van der Waals surface area contributed by atoms with Gasteiger partial charge in [0, 0.05) is 6.54 Å². The van der Waals surface area contributed by atoms with E-state index in [4.69, 9.17) is 5.11 Å². The van der Waals surface area contributed by atoms with Gasteiger partial charge in [0.1, 0.15) is 4.88 Å². The van der Waals surface area contributed by atoms with Crippen LogP contribution < -0.4 is 0 Å². The van der Waals surface area contributed by atoms with E-state index in [0.29, 0.717) is 18.8 Å². The Hall–Kier alpha value is -1.90. The molecule has 102 valence electrons. The summed E-state index contributed by atoms with van der Waals surface area (Å²) in [7, 11) is 0. The number of carbonyl (C=O) groups is 1. The lowest BCUT2D eigenvalue weighted by Crippen LogP contribution is -2.14. The van der Waals surface area contributed by atoms with Crippen LogP contribution >= 0.6 is 11.5 Å². The predicted molar refractivity (Wildman–Crippen MR) is 67.5 cm³/mol. The molecule has 0 fully saturated rings. The maximum absolute atomic E-state index is 10.8. The van der Waals surface area contributed by atoms with Gasteiger partial charge in [-0.25, -0.2) is 4.68 Å². The second-order valence-corrected chi connectivity index (χ2v) is 4.91. The van der Waals surface area contributed by atoms with Crippen molar-refractivity contribution in [3.05, 3.63) is 5.69 Å². The summed E-state index contributed by atoms with van der Waals surface area (Å²) >= 11 is 1.25. The first-order valence-corrected chi connectivity index (χ1v) is 6.71. The zero-order valence-electron chi connectivity index (χ0n) is 10.6. The molecule has 0 spiro atoms. The van der Waals surface area contributed by atoms with Gasteiger partial charge in [-0.3, -0.25) is 4.79 Å². The summed E-state index contributed by atoms with van der Waals surface area (Å²) in [5.74, 6) is -0.643. The van der Waals surface area contributed by atoms with Crippen molar-refractivity contribution >= 4 is 17.5 Å². The molecule has 0 aliphatic heterocycles. The Morgan fingerprint density at radius 2 is 2.26 bits per heavy atom. The van der Waals surface area contributed by atoms with Crippen LogP contribution in [0.15, 0.2) is 0 Å². The summed E-state index contributed by atoms with van der Waals surface area (Å²) in [5, 5.41) is 24.4. The summed E-state index contributed by atoms with van der Waals surface area (Å²) in [4.78, 5) is 11.6. The van der Waals surface area contributed by atoms with Gasteiger partial charge in [-0.2, -0.15) is 0 Å². The molecular formula is C10H14N6O2S. The molecule has 0 bridgehead atoms. The van der Waals surface area contributed by atoms with Gasteiger partial charge in [0.2, 0.25) is 0 Å². The third-order valence-corrected chi connectivity index (χ3v) is 3.59. The average Bonchev–Trinajstić information content (AvgIpc) is 3.03. The van der Waals surface area contributed by atoms with Crippen molar-refractivity contribution in [3.8, 4) is 10.7 Å². The molecule has 0 aliphatic rings. The number of rotatable bonds is 6. The van der Waals surface area contributed by atoms with Gasteiger partial charge < -0.3 is 5.11 Å². The second-order valence-electron chi connectivity index (χ2n) is 4.16. The van der Waals surface area contributed by atoms with Crippen LogP contribution in [0.2, 0.25) is 0 Å². The highest BCUT2D eigenvalue weighted by atomic mass is 32.1. The van der Waals surface area contributed by atoms with Crippen molar-refractivity contribution < 1.29 is 9.90 Å². The lowest BCUT2D eigenvalue weighted by Gasteiger charge is -2.06. The normalized spacial score (nSPS) is 12.5. The molecule has 0 radical (unpaired) electrons. The minimum Gasteiger partial charge on any atom is -0.481 e. The van der Waals surface area contributed by atoms with Crippen LogP contribution in [0.4, 0.5) is 0 Å². The Balaban J connectivity index is 2.16. The van der Waals surface area contributed by atoms with Crippen molar-refractivity contribution in [2.45, 2.75) is 33.2 Å². The lowest BCUT2D eigenvalue weighted by atomic mass is 10.1. The summed E-state index contributed by atoms with van der Waals surface area (Å²) in [6.45, 7) is 4.11. The van der Waals surface area contributed by atoms with Crippen LogP contribution in [0.25, 0.3) is 10.7 Å². The predicted octanol–water partition coefficient (Wildman–Crippen LogP) is 0.865. The highest BCUT2D eigenvalue weighted by molar-refractivity contribution is 7.09. The Kier molecular flexibility index (Phi) is 4.15. The monoisotopic (exact) mass is 282 g/mol. The molecule has 19 heavy (non-hydrogen) atoms. The van der Waals surface area contributed by atoms with E-state index in [-0.39, 0.29) is 0 Å². The molecular weight excluding hydrogens is 268 g/mol. The summed E-state index contributed by atoms with van der Waals surface area (Å²) < 4.78 is 5.51. The van der Waals surface area contributed by atoms with Crippen LogP contribution in [-0.4, -0.2) is 40.9 Å². The third kappa shape index (κ3) is 2.92. The zero-order valence-corrected chi connectivity index (χ0v) is 11.5. The summed E-state index contributed by atoms with van der Waals surface area (Å²) in [5.41, 5.74) is 0.854. The van der Waals surface area contributed by atoms with Gasteiger partial charge >= 0.3 is 5.97 Å². The van der Waals surface area contributed by atoms with E-state index in [1.165, 1.54) is 11.5 Å². The second kappa shape index (κ2) is 5.83. The minimum absolute atomic E-state index is 0.428. The van der Waals surface area contributed by atoms with Gasteiger partial charge in [-0.15, -0.1) is 10.2 Å². The Labute approximate surface area is 113 Å². The number of aliphatic carboxylic acids is 1. The number of tetrazole rings is 1. The van der Waals surface area contributed by atoms with Crippen LogP contribution in [0.1, 0.15) is 26.0 Å².